The molecule has 0 radical (unpaired) electrons. The Labute approximate surface area is 133 Å². The summed E-state index contributed by atoms with van der Waals surface area (Å²) >= 11 is 1.58. The molecule has 2 N–H and O–H groups in total. The van der Waals surface area contributed by atoms with Gasteiger partial charge in [-0.2, -0.15) is 0 Å². The number of rotatable bonds is 3. The first kappa shape index (κ1) is 15.3. The minimum Gasteiger partial charge on any atom is -0.481 e. The van der Waals surface area contributed by atoms with Gasteiger partial charge in [0.15, 0.2) is 0 Å². The highest BCUT2D eigenvalue weighted by molar-refractivity contribution is 7.11. The van der Waals surface area contributed by atoms with Crippen LogP contribution in [0.5, 0.6) is 0 Å². The zero-order valence-corrected chi connectivity index (χ0v) is 13.7. The van der Waals surface area contributed by atoms with E-state index in [-0.39, 0.29) is 11.9 Å². The molecule has 120 valence electrons. The van der Waals surface area contributed by atoms with Gasteiger partial charge in [-0.15, -0.1) is 11.3 Å². The van der Waals surface area contributed by atoms with Gasteiger partial charge < -0.3 is 15.3 Å². The maximum absolute atomic E-state index is 12.3. The zero-order chi connectivity index (χ0) is 15.9. The molecular weight excluding hydrogens is 302 g/mol. The van der Waals surface area contributed by atoms with E-state index in [4.69, 9.17) is 0 Å². The van der Waals surface area contributed by atoms with Gasteiger partial charge >= 0.3 is 12.0 Å². The van der Waals surface area contributed by atoms with Gasteiger partial charge in [0, 0.05) is 18.0 Å². The van der Waals surface area contributed by atoms with Gasteiger partial charge in [0.2, 0.25) is 0 Å². The Hall–Kier alpha value is -1.63. The lowest BCUT2D eigenvalue weighted by atomic mass is 9.81. The van der Waals surface area contributed by atoms with Crippen LogP contribution in [-0.2, 0) is 11.3 Å². The first-order chi connectivity index (χ1) is 10.4. The van der Waals surface area contributed by atoms with Crippen molar-refractivity contribution in [1.29, 1.82) is 0 Å². The van der Waals surface area contributed by atoms with Gasteiger partial charge in [-0.25, -0.2) is 9.78 Å². The topological polar surface area (TPSA) is 82.5 Å². The van der Waals surface area contributed by atoms with Crippen molar-refractivity contribution in [2.45, 2.75) is 39.7 Å². The van der Waals surface area contributed by atoms with Crippen LogP contribution in [0.15, 0.2) is 0 Å². The lowest BCUT2D eigenvalue weighted by molar-refractivity contribution is -0.149. The van der Waals surface area contributed by atoms with Crippen molar-refractivity contribution >= 4 is 23.3 Å². The van der Waals surface area contributed by atoms with Crippen LogP contribution in [0.4, 0.5) is 4.79 Å². The van der Waals surface area contributed by atoms with Crippen molar-refractivity contribution in [3.05, 3.63) is 15.6 Å². The number of fused-ring (bicyclic) bond motifs is 1. The molecule has 2 atom stereocenters. The molecule has 3 rings (SSSR count). The molecular formula is C15H21N3O3S. The van der Waals surface area contributed by atoms with Crippen LogP contribution in [0, 0.1) is 25.2 Å². The fraction of sp³-hybridized carbons (Fsp3) is 0.667. The maximum Gasteiger partial charge on any atom is 0.317 e. The molecule has 1 aliphatic heterocycles. The second-order valence-corrected chi connectivity index (χ2v) is 7.63. The number of hydrogen-bond acceptors (Lipinski definition) is 4. The summed E-state index contributed by atoms with van der Waals surface area (Å²) in [6.07, 6.45) is 2.53. The molecule has 0 unspecified atom stereocenters. The van der Waals surface area contributed by atoms with E-state index >= 15 is 0 Å². The Morgan fingerprint density at radius 2 is 2.27 bits per heavy atom. The van der Waals surface area contributed by atoms with Crippen LogP contribution < -0.4 is 5.32 Å². The van der Waals surface area contributed by atoms with E-state index in [1.54, 1.807) is 16.2 Å². The number of likely N-dealkylation sites (tertiary alicyclic amines) is 1. The van der Waals surface area contributed by atoms with E-state index in [1.165, 1.54) is 0 Å². The standard InChI is InChI=1S/C15H21N3O3S/c1-9-10(2)22-12(17-9)6-16-14(21)18-7-11-4-3-5-15(11,8-18)13(19)20/h11H,3-8H2,1-2H3,(H,16,21)(H,19,20)/t11-,15+/m0/s1. The summed E-state index contributed by atoms with van der Waals surface area (Å²) in [6, 6.07) is -0.180. The number of urea groups is 1. The molecule has 2 amide bonds. The number of carboxylic acid groups (broad SMARTS) is 1. The van der Waals surface area contributed by atoms with Crippen LogP contribution >= 0.6 is 11.3 Å². The quantitative estimate of drug-likeness (QED) is 0.893. The lowest BCUT2D eigenvalue weighted by Crippen LogP contribution is -2.41. The molecule has 1 saturated heterocycles. The number of thiazole rings is 1. The van der Waals surface area contributed by atoms with E-state index < -0.39 is 11.4 Å². The number of nitrogens with one attached hydrogen (secondary N) is 1. The first-order valence-corrected chi connectivity index (χ1v) is 8.43. The van der Waals surface area contributed by atoms with E-state index in [9.17, 15) is 14.7 Å². The molecule has 0 spiro atoms. The number of carbonyl (C=O) groups is 2. The van der Waals surface area contributed by atoms with Crippen LogP contribution in [0.25, 0.3) is 0 Å². The number of nitrogens with zero attached hydrogens (tertiary/aromatic N) is 2. The molecule has 1 saturated carbocycles. The number of carbonyl (C=O) groups excluding carboxylic acids is 1. The number of hydrogen-bond donors (Lipinski definition) is 2. The SMILES string of the molecule is Cc1nc(CNC(=O)N2C[C@@H]3CCC[C@@]3(C(=O)O)C2)sc1C. The van der Waals surface area contributed by atoms with Gasteiger partial charge in [-0.1, -0.05) is 6.42 Å². The zero-order valence-electron chi connectivity index (χ0n) is 12.9. The van der Waals surface area contributed by atoms with Crippen molar-refractivity contribution in [1.82, 2.24) is 15.2 Å². The normalized spacial score (nSPS) is 27.0. The molecule has 2 aliphatic rings. The second kappa shape index (κ2) is 5.53. The smallest absolute Gasteiger partial charge is 0.317 e. The van der Waals surface area contributed by atoms with Crippen molar-refractivity contribution in [3.63, 3.8) is 0 Å². The Balaban J connectivity index is 1.61. The van der Waals surface area contributed by atoms with Crippen LogP contribution in [0.1, 0.15) is 34.8 Å². The summed E-state index contributed by atoms with van der Waals surface area (Å²) in [6.45, 7) is 5.24. The molecule has 0 aromatic carbocycles. The Kier molecular flexibility index (Phi) is 3.84. The lowest BCUT2D eigenvalue weighted by Gasteiger charge is -2.23. The van der Waals surface area contributed by atoms with Crippen molar-refractivity contribution < 1.29 is 14.7 Å². The highest BCUT2D eigenvalue weighted by Gasteiger charge is 2.55. The predicted molar refractivity (Wildman–Crippen MR) is 82.8 cm³/mol. The molecule has 1 aromatic heterocycles. The van der Waals surface area contributed by atoms with E-state index in [1.807, 2.05) is 13.8 Å². The number of aryl methyl sites for hydroxylation is 2. The summed E-state index contributed by atoms with van der Waals surface area (Å²) in [5.41, 5.74) is 0.279. The van der Waals surface area contributed by atoms with E-state index in [2.05, 4.69) is 10.3 Å². The highest BCUT2D eigenvalue weighted by Crippen LogP contribution is 2.48. The number of amides is 2. The third-order valence-corrected chi connectivity index (χ3v) is 6.12. The maximum atomic E-state index is 12.3. The average molecular weight is 323 g/mol. The van der Waals surface area contributed by atoms with Crippen LogP contribution in [0.3, 0.4) is 0 Å². The second-order valence-electron chi connectivity index (χ2n) is 6.34. The fourth-order valence-electron chi connectivity index (χ4n) is 3.67. The van der Waals surface area contributed by atoms with Gasteiger partial charge in [0.25, 0.3) is 0 Å². The summed E-state index contributed by atoms with van der Waals surface area (Å²) in [5.74, 6) is -0.656. The molecule has 2 fully saturated rings. The monoisotopic (exact) mass is 323 g/mol. The number of aliphatic carboxylic acids is 1. The molecule has 1 aromatic rings. The Bertz CT molecular complexity index is 596. The number of carboxylic acids is 1. The minimum absolute atomic E-state index is 0.0973. The fourth-order valence-corrected chi connectivity index (χ4v) is 4.55. The summed E-state index contributed by atoms with van der Waals surface area (Å²) in [5, 5.41) is 13.3. The van der Waals surface area contributed by atoms with Crippen molar-refractivity contribution in [2.75, 3.05) is 13.1 Å². The van der Waals surface area contributed by atoms with Crippen molar-refractivity contribution in [3.8, 4) is 0 Å². The minimum atomic E-state index is -0.753. The third-order valence-electron chi connectivity index (χ3n) is 5.05. The summed E-state index contributed by atoms with van der Waals surface area (Å²) in [4.78, 5) is 31.1. The Morgan fingerprint density at radius 3 is 2.86 bits per heavy atom. The van der Waals surface area contributed by atoms with E-state index in [0.717, 1.165) is 28.4 Å². The van der Waals surface area contributed by atoms with Crippen molar-refractivity contribution in [2.24, 2.45) is 11.3 Å². The predicted octanol–water partition coefficient (Wildman–Crippen LogP) is 2.16. The van der Waals surface area contributed by atoms with Crippen LogP contribution in [0.2, 0.25) is 0 Å². The van der Waals surface area contributed by atoms with Gasteiger partial charge in [0.05, 0.1) is 17.7 Å². The largest absolute Gasteiger partial charge is 0.481 e. The van der Waals surface area contributed by atoms with Gasteiger partial charge in [-0.05, 0) is 32.6 Å². The van der Waals surface area contributed by atoms with E-state index in [0.29, 0.717) is 26.1 Å². The third kappa shape index (κ3) is 2.47. The summed E-state index contributed by atoms with van der Waals surface area (Å²) < 4.78 is 0. The molecule has 22 heavy (non-hydrogen) atoms. The highest BCUT2D eigenvalue weighted by atomic mass is 32.1. The first-order valence-electron chi connectivity index (χ1n) is 7.61. The molecule has 7 heteroatoms. The van der Waals surface area contributed by atoms with Crippen LogP contribution in [-0.4, -0.2) is 40.1 Å². The molecule has 6 nitrogen and oxygen atoms in total. The van der Waals surface area contributed by atoms with Gasteiger partial charge in [0.1, 0.15) is 5.01 Å². The Morgan fingerprint density at radius 1 is 1.50 bits per heavy atom. The molecule has 1 aliphatic carbocycles. The summed E-state index contributed by atoms with van der Waals surface area (Å²) in [7, 11) is 0. The van der Waals surface area contributed by atoms with Gasteiger partial charge in [-0.3, -0.25) is 4.79 Å². The molecule has 0 bridgehead atoms. The molecule has 2 heterocycles. The number of aromatic nitrogens is 1. The average Bonchev–Trinajstić information content (AvgIpc) is 3.09.